The lowest BCUT2D eigenvalue weighted by molar-refractivity contribution is -0.145. The van der Waals surface area contributed by atoms with Crippen LogP contribution in [0.3, 0.4) is 0 Å². The summed E-state index contributed by atoms with van der Waals surface area (Å²) in [7, 11) is 0. The lowest BCUT2D eigenvalue weighted by atomic mass is 9.98. The molecule has 2 aliphatic rings. The second kappa shape index (κ2) is 11.6. The number of anilines is 2. The molecule has 2 aliphatic heterocycles. The Morgan fingerprint density at radius 2 is 1.55 bits per heavy atom. The fourth-order valence-corrected chi connectivity index (χ4v) is 5.99. The number of rotatable bonds is 5. The highest BCUT2D eigenvalue weighted by molar-refractivity contribution is 6.10. The molecule has 0 saturated carbocycles. The van der Waals surface area contributed by atoms with E-state index in [1.54, 1.807) is 24.3 Å². The molecule has 0 bridgehead atoms. The second-order valence-corrected chi connectivity index (χ2v) is 11.0. The lowest BCUT2D eigenvalue weighted by Gasteiger charge is -2.26. The highest BCUT2D eigenvalue weighted by Crippen LogP contribution is 2.33. The zero-order valence-electron chi connectivity index (χ0n) is 23.7. The van der Waals surface area contributed by atoms with Gasteiger partial charge in [0.1, 0.15) is 6.10 Å². The van der Waals surface area contributed by atoms with Gasteiger partial charge < -0.3 is 15.0 Å². The van der Waals surface area contributed by atoms with Crippen molar-refractivity contribution in [2.24, 2.45) is 0 Å². The second-order valence-electron chi connectivity index (χ2n) is 11.0. The van der Waals surface area contributed by atoms with Crippen molar-refractivity contribution in [2.75, 3.05) is 23.3 Å². The predicted octanol–water partition coefficient (Wildman–Crippen LogP) is 6.08. The molecular formula is C35H33N3O4. The molecule has 2 amide bonds. The summed E-state index contributed by atoms with van der Waals surface area (Å²) < 4.78 is 5.51. The van der Waals surface area contributed by atoms with Crippen molar-refractivity contribution in [3.05, 3.63) is 119 Å². The number of nitrogens with zero attached hydrogens (tertiary/aromatic N) is 2. The van der Waals surface area contributed by atoms with Gasteiger partial charge in [0.05, 0.1) is 0 Å². The van der Waals surface area contributed by atoms with Crippen molar-refractivity contribution in [3.8, 4) is 11.1 Å². The van der Waals surface area contributed by atoms with Gasteiger partial charge in [-0.3, -0.25) is 19.3 Å². The molecule has 2 atom stereocenters. The van der Waals surface area contributed by atoms with Crippen LogP contribution in [0.15, 0.2) is 97.1 Å². The molecular weight excluding hydrogens is 526 g/mol. The molecule has 1 fully saturated rings. The van der Waals surface area contributed by atoms with Crippen molar-refractivity contribution in [3.63, 3.8) is 0 Å². The first-order chi connectivity index (χ1) is 20.4. The summed E-state index contributed by atoms with van der Waals surface area (Å²) in [4.78, 5) is 42.9. The third-order valence-corrected chi connectivity index (χ3v) is 8.04. The number of aryl methyl sites for hydroxylation is 1. The average Bonchev–Trinajstić information content (AvgIpc) is 3.28. The number of nitrogens with one attached hydrogen (secondary N) is 1. The highest BCUT2D eigenvalue weighted by Gasteiger charge is 2.39. The number of ether oxygens (including phenoxy) is 1. The van der Waals surface area contributed by atoms with Gasteiger partial charge in [-0.2, -0.15) is 0 Å². The average molecular weight is 560 g/mol. The summed E-state index contributed by atoms with van der Waals surface area (Å²) in [5, 5.41) is 2.99. The minimum Gasteiger partial charge on any atom is -0.461 e. The van der Waals surface area contributed by atoms with Crippen LogP contribution < -0.4 is 10.2 Å². The van der Waals surface area contributed by atoms with Crippen LogP contribution in [0, 0.1) is 6.92 Å². The summed E-state index contributed by atoms with van der Waals surface area (Å²) in [6.45, 7) is 5.32. The Morgan fingerprint density at radius 1 is 0.833 bits per heavy atom. The van der Waals surface area contributed by atoms with E-state index in [-0.39, 0.29) is 29.9 Å². The molecule has 0 unspecified atom stereocenters. The Bertz CT molecular complexity index is 1630. The first kappa shape index (κ1) is 27.4. The lowest BCUT2D eigenvalue weighted by Crippen LogP contribution is -2.40. The molecule has 4 aromatic rings. The van der Waals surface area contributed by atoms with Gasteiger partial charge in [-0.05, 0) is 60.0 Å². The molecule has 2 heterocycles. The van der Waals surface area contributed by atoms with E-state index in [2.05, 4.69) is 10.2 Å². The largest absolute Gasteiger partial charge is 0.461 e. The van der Waals surface area contributed by atoms with Gasteiger partial charge in [-0.1, -0.05) is 66.2 Å². The maximum absolute atomic E-state index is 13.9. The number of amides is 2. The molecule has 212 valence electrons. The predicted molar refractivity (Wildman–Crippen MR) is 163 cm³/mol. The van der Waals surface area contributed by atoms with E-state index in [9.17, 15) is 14.4 Å². The van der Waals surface area contributed by atoms with Gasteiger partial charge >= 0.3 is 5.97 Å². The van der Waals surface area contributed by atoms with Crippen LogP contribution in [0.25, 0.3) is 11.1 Å². The highest BCUT2D eigenvalue weighted by atomic mass is 16.5. The smallest absolute Gasteiger partial charge is 0.302 e. The van der Waals surface area contributed by atoms with E-state index in [0.29, 0.717) is 42.9 Å². The fraction of sp³-hybridized carbons (Fsp3) is 0.229. The summed E-state index contributed by atoms with van der Waals surface area (Å²) in [5.74, 6) is -0.602. The Hall–Kier alpha value is -4.75. The minimum atomic E-state index is -0.281. The van der Waals surface area contributed by atoms with Crippen LogP contribution in [0.1, 0.15) is 45.2 Å². The SMILES string of the molecule is CC(=O)O[C@@H]1C[C@@H]2CN(C(=O)c3ccc(NC(=O)c4ccccc4-c4ccc(C)cc4)cc3)c3ccccc3CN2C1. The van der Waals surface area contributed by atoms with E-state index in [1.807, 2.05) is 84.6 Å². The van der Waals surface area contributed by atoms with Crippen molar-refractivity contribution in [1.82, 2.24) is 4.90 Å². The summed E-state index contributed by atoms with van der Waals surface area (Å²) in [6.07, 6.45) is 0.514. The van der Waals surface area contributed by atoms with Gasteiger partial charge in [-0.25, -0.2) is 0 Å². The van der Waals surface area contributed by atoms with E-state index < -0.39 is 0 Å². The minimum absolute atomic E-state index is 0.0814. The summed E-state index contributed by atoms with van der Waals surface area (Å²) in [6, 6.07) is 30.7. The third kappa shape index (κ3) is 5.69. The number of carbonyl (C=O) groups excluding carboxylic acids is 3. The first-order valence-corrected chi connectivity index (χ1v) is 14.2. The van der Waals surface area contributed by atoms with Crippen molar-refractivity contribution in [1.29, 1.82) is 0 Å². The molecule has 1 saturated heterocycles. The molecule has 0 spiro atoms. The third-order valence-electron chi connectivity index (χ3n) is 8.04. The monoisotopic (exact) mass is 559 g/mol. The van der Waals surface area contributed by atoms with Gasteiger partial charge in [0.25, 0.3) is 11.8 Å². The van der Waals surface area contributed by atoms with Gasteiger partial charge in [0, 0.05) is 61.5 Å². The summed E-state index contributed by atoms with van der Waals surface area (Å²) >= 11 is 0. The zero-order valence-corrected chi connectivity index (χ0v) is 23.7. The van der Waals surface area contributed by atoms with E-state index in [0.717, 1.165) is 27.9 Å². The van der Waals surface area contributed by atoms with Crippen LogP contribution >= 0.6 is 0 Å². The molecule has 42 heavy (non-hydrogen) atoms. The van der Waals surface area contributed by atoms with Crippen LogP contribution in [0.4, 0.5) is 11.4 Å². The normalized spacial score (nSPS) is 18.0. The van der Waals surface area contributed by atoms with Crippen LogP contribution in [0.5, 0.6) is 0 Å². The molecule has 4 aromatic carbocycles. The van der Waals surface area contributed by atoms with E-state index >= 15 is 0 Å². The molecule has 0 aliphatic carbocycles. The Labute approximate surface area is 245 Å². The van der Waals surface area contributed by atoms with Crippen molar-refractivity contribution >= 4 is 29.2 Å². The summed E-state index contributed by atoms with van der Waals surface area (Å²) in [5.41, 5.74) is 6.67. The maximum Gasteiger partial charge on any atom is 0.302 e. The zero-order chi connectivity index (χ0) is 29.2. The fourth-order valence-electron chi connectivity index (χ4n) is 5.99. The van der Waals surface area contributed by atoms with Crippen molar-refractivity contribution in [2.45, 2.75) is 39.0 Å². The number of hydrogen-bond donors (Lipinski definition) is 1. The Kier molecular flexibility index (Phi) is 7.59. The van der Waals surface area contributed by atoms with Crippen LogP contribution in [-0.4, -0.2) is 47.9 Å². The number of hydrogen-bond acceptors (Lipinski definition) is 5. The van der Waals surface area contributed by atoms with E-state index in [4.69, 9.17) is 4.74 Å². The quantitative estimate of drug-likeness (QED) is 0.300. The molecule has 0 radical (unpaired) electrons. The first-order valence-electron chi connectivity index (χ1n) is 14.2. The molecule has 1 N–H and O–H groups in total. The molecule has 7 nitrogen and oxygen atoms in total. The number of para-hydroxylation sites is 1. The maximum atomic E-state index is 13.9. The molecule has 6 rings (SSSR count). The standard InChI is InChI=1S/C35H33N3O4/c1-23-11-13-25(14-12-23)31-8-4-5-9-32(31)34(40)36-28-17-15-26(16-18-28)35(41)38-21-29-19-30(42-24(2)39)22-37(29)20-27-7-3-6-10-33(27)38/h3-18,29-30H,19-22H2,1-2H3,(H,36,40)/t29-,30-/m1/s1. The number of fused-ring (bicyclic) bond motifs is 2. The number of benzene rings is 4. The topological polar surface area (TPSA) is 79.0 Å². The van der Waals surface area contributed by atoms with Crippen molar-refractivity contribution < 1.29 is 19.1 Å². The molecule has 0 aromatic heterocycles. The number of carbonyl (C=O) groups is 3. The van der Waals surface area contributed by atoms with E-state index in [1.165, 1.54) is 6.92 Å². The van der Waals surface area contributed by atoms with Gasteiger partial charge in [-0.15, -0.1) is 0 Å². The Morgan fingerprint density at radius 3 is 2.31 bits per heavy atom. The van der Waals surface area contributed by atoms with Crippen LogP contribution in [-0.2, 0) is 16.1 Å². The van der Waals surface area contributed by atoms with Gasteiger partial charge in [0.2, 0.25) is 0 Å². The number of esters is 1. The molecule has 7 heteroatoms. The Balaban J connectivity index is 1.20. The van der Waals surface area contributed by atoms with Gasteiger partial charge in [0.15, 0.2) is 0 Å². The van der Waals surface area contributed by atoms with Crippen LogP contribution in [0.2, 0.25) is 0 Å².